The molecule has 0 radical (unpaired) electrons. The van der Waals surface area contributed by atoms with Crippen LogP contribution in [0.15, 0.2) is 97.8 Å². The molecule has 0 unspecified atom stereocenters. The molecule has 3 saturated heterocycles. The molecule has 118 heavy (non-hydrogen) atoms. The molecule has 3 aliphatic carbocycles. The number of hydrogen-bond donors (Lipinski definition) is 6. The van der Waals surface area contributed by atoms with Crippen LogP contribution in [0.3, 0.4) is 0 Å². The topological polar surface area (TPSA) is 394 Å². The van der Waals surface area contributed by atoms with Crippen LogP contribution in [0.5, 0.6) is 11.5 Å². The summed E-state index contributed by atoms with van der Waals surface area (Å²) >= 11 is 6.13. The van der Waals surface area contributed by atoms with Crippen molar-refractivity contribution in [2.45, 2.75) is 135 Å². The highest BCUT2D eigenvalue weighted by Crippen LogP contribution is 2.58. The molecule has 9 aromatic rings. The molecule has 3 aromatic carbocycles. The third kappa shape index (κ3) is 17.2. The van der Waals surface area contributed by atoms with Crippen LogP contribution in [-0.4, -0.2) is 162 Å². The average Bonchev–Trinajstić information content (AvgIpc) is 1.59. The van der Waals surface area contributed by atoms with E-state index in [-0.39, 0.29) is 156 Å². The average molecular weight is 1660 g/mol. The lowest BCUT2D eigenvalue weighted by Crippen LogP contribution is -2.42. The van der Waals surface area contributed by atoms with E-state index < -0.39 is 47.6 Å². The third-order valence-electron chi connectivity index (χ3n) is 22.4. The summed E-state index contributed by atoms with van der Waals surface area (Å²) < 4.78 is 136. The van der Waals surface area contributed by atoms with Gasteiger partial charge in [0.15, 0.2) is 0 Å². The number of likely N-dealkylation sites (tertiary alicyclic amines) is 3. The number of methoxy groups -OCH3 is 1. The molecule has 12 N–H and O–H groups in total. The number of primary amides is 3. The van der Waals surface area contributed by atoms with Crippen LogP contribution >= 0.6 is 11.6 Å². The van der Waals surface area contributed by atoms with E-state index in [1.807, 2.05) is 0 Å². The molecule has 0 atom stereocenters. The van der Waals surface area contributed by atoms with Crippen molar-refractivity contribution in [2.24, 2.45) is 33.4 Å². The summed E-state index contributed by atoms with van der Waals surface area (Å²) in [4.78, 5) is 78.8. The third-order valence-corrected chi connectivity index (χ3v) is 22.8. The van der Waals surface area contributed by atoms with Gasteiger partial charge in [0.05, 0.1) is 74.6 Å². The standard InChI is InChI=1S/C27H28F3N7O3.C26H25ClF3N7O2.C26H26F3N7O3/c1-3-4-21(38)35-8-7-26(15-35)10-19(11-26)37-24(31)22(25(32)39)23(34-37)17-12-33-36(14-17)13-16-9-18(27(28,29)30)5-6-20(16)40-2;1-2-3-20(38)35-7-6-25(14-35)9-18(10-25)37-23(31)21(24(32)39)22(34-37)16-11-33-36(13-16)12-15-8-17(26(28,29)30)4-5-19(15)27;1-2-5-20(37)34-9-8-25(15-34)10-18(11-25)36-23(30)21(24(31)38)22(33-36)17-12-32-35(14-17)13-16-6-3-4-7-19(16)39-26(27,28)29/h5-6,9,12,14,19H,7-8,10-11,13,15,31H2,1-2H3,(H2,32,39);4-5,8,11,13,18H,6-7,9-10,12,14,31H2,1H3,(H2,32,39);3-4,6-7,12,14,18H,8-11,13,15,30H2,1H3,(H2,31,38). The highest BCUT2D eigenvalue weighted by Gasteiger charge is 2.54. The first kappa shape index (κ1) is 83.0. The second-order valence-electron chi connectivity index (χ2n) is 30.3. The number of carbonyl (C=O) groups is 6. The number of anilines is 3. The molecule has 15 rings (SSSR count). The Morgan fingerprint density at radius 3 is 1.16 bits per heavy atom. The van der Waals surface area contributed by atoms with E-state index in [1.165, 1.54) is 70.1 Å². The number of ether oxygens (including phenoxy) is 2. The van der Waals surface area contributed by atoms with Gasteiger partial charge in [-0.3, -0.25) is 42.8 Å². The zero-order chi connectivity index (χ0) is 84.9. The maximum Gasteiger partial charge on any atom is 0.573 e. The van der Waals surface area contributed by atoms with E-state index in [0.29, 0.717) is 56.0 Å². The number of carbonyl (C=O) groups excluding carboxylic acids is 6. The number of nitrogen functional groups attached to an aromatic ring is 3. The molecular weight excluding hydrogens is 1580 g/mol. The number of hydrogen-bond acceptors (Lipinski definition) is 17. The van der Waals surface area contributed by atoms with E-state index in [2.05, 4.69) is 70.9 Å². The lowest BCUT2D eigenvalue weighted by atomic mass is 9.65. The summed E-state index contributed by atoms with van der Waals surface area (Å²) in [5.41, 5.74) is 37.2. The first-order valence-electron chi connectivity index (χ1n) is 37.0. The monoisotopic (exact) mass is 1660 g/mol. The van der Waals surface area contributed by atoms with Crippen LogP contribution in [-0.2, 0) is 46.4 Å². The van der Waals surface area contributed by atoms with Gasteiger partial charge in [-0.15, -0.1) is 13.2 Å². The van der Waals surface area contributed by atoms with Crippen molar-refractivity contribution in [3.05, 3.63) is 147 Å². The lowest BCUT2D eigenvalue weighted by molar-refractivity contribution is -0.275. The molecule has 6 aliphatic rings. The van der Waals surface area contributed by atoms with Crippen LogP contribution in [0.4, 0.5) is 57.0 Å². The zero-order valence-electron chi connectivity index (χ0n) is 63.9. The number of alkyl halides is 9. The predicted octanol–water partition coefficient (Wildman–Crippen LogP) is 9.76. The fraction of sp³-hybridized carbons (Fsp3) is 0.392. The van der Waals surface area contributed by atoms with Crippen molar-refractivity contribution < 1.29 is 77.8 Å². The number of rotatable bonds is 17. The van der Waals surface area contributed by atoms with Gasteiger partial charge in [-0.2, -0.15) is 56.9 Å². The van der Waals surface area contributed by atoms with Gasteiger partial charge in [0.25, 0.3) is 35.4 Å². The largest absolute Gasteiger partial charge is 0.573 e. The molecule has 9 heterocycles. The van der Waals surface area contributed by atoms with Crippen molar-refractivity contribution in [3.63, 3.8) is 0 Å². The Morgan fingerprint density at radius 1 is 0.483 bits per heavy atom. The van der Waals surface area contributed by atoms with Crippen molar-refractivity contribution >= 4 is 64.5 Å². The Balaban J connectivity index is 0.000000153. The van der Waals surface area contributed by atoms with Crippen molar-refractivity contribution in [1.29, 1.82) is 0 Å². The van der Waals surface area contributed by atoms with Crippen LogP contribution in [0.2, 0.25) is 5.02 Å². The van der Waals surface area contributed by atoms with Crippen LogP contribution in [0, 0.1) is 51.8 Å². The minimum atomic E-state index is -4.83. The maximum absolute atomic E-state index is 13.3. The number of halogens is 10. The number of amides is 6. The number of aromatic nitrogens is 12. The number of para-hydroxylation sites is 1. The van der Waals surface area contributed by atoms with E-state index in [9.17, 15) is 68.3 Å². The van der Waals surface area contributed by atoms with Crippen LogP contribution in [0.1, 0.15) is 156 Å². The molecule has 3 saturated carbocycles. The Bertz CT molecular complexity index is 5640. The van der Waals surface area contributed by atoms with Crippen LogP contribution < -0.4 is 43.9 Å². The first-order valence-corrected chi connectivity index (χ1v) is 37.4. The van der Waals surface area contributed by atoms with Gasteiger partial charge in [-0.25, -0.2) is 14.0 Å². The number of nitrogens with two attached hydrogens (primary N) is 6. The van der Waals surface area contributed by atoms with Gasteiger partial charge >= 0.3 is 18.7 Å². The zero-order valence-corrected chi connectivity index (χ0v) is 64.7. The van der Waals surface area contributed by atoms with Gasteiger partial charge in [0, 0.05) is 90.7 Å². The summed E-state index contributed by atoms with van der Waals surface area (Å²) in [6.07, 6.45) is 2.10. The van der Waals surface area contributed by atoms with Gasteiger partial charge in [-0.1, -0.05) is 47.6 Å². The second kappa shape index (κ2) is 32.3. The summed E-state index contributed by atoms with van der Waals surface area (Å²) in [7, 11) is 1.38. The summed E-state index contributed by atoms with van der Waals surface area (Å²) in [6, 6.07) is 11.8. The normalized spacial score (nSPS) is 20.4. The van der Waals surface area contributed by atoms with Crippen molar-refractivity contribution in [3.8, 4) is 80.8 Å². The molecule has 6 amide bonds. The molecule has 0 bridgehead atoms. The summed E-state index contributed by atoms with van der Waals surface area (Å²) in [6.45, 7) is 8.57. The Hall–Kier alpha value is -12.9. The first-order chi connectivity index (χ1) is 55.8. The number of benzene rings is 3. The quantitative estimate of drug-likeness (QED) is 0.0365. The molecule has 6 fully saturated rings. The smallest absolute Gasteiger partial charge is 0.496 e. The van der Waals surface area contributed by atoms with E-state index >= 15 is 0 Å². The fourth-order valence-corrected chi connectivity index (χ4v) is 17.0. The molecule has 618 valence electrons. The van der Waals surface area contributed by atoms with E-state index in [0.717, 1.165) is 82.1 Å². The summed E-state index contributed by atoms with van der Waals surface area (Å²) in [5.74, 6) is 13.2. The van der Waals surface area contributed by atoms with Crippen molar-refractivity contribution in [2.75, 3.05) is 63.6 Å². The highest BCUT2D eigenvalue weighted by atomic mass is 35.5. The molecular formula is C79H79ClF9N21O8. The van der Waals surface area contributed by atoms with Gasteiger partial charge < -0.3 is 58.6 Å². The lowest BCUT2D eigenvalue weighted by Gasteiger charge is -2.45. The number of nitrogens with zero attached hydrogens (tertiary/aromatic N) is 15. The minimum absolute atomic E-state index is 0.0159. The van der Waals surface area contributed by atoms with Gasteiger partial charge in [-0.05, 0) is 161 Å². The molecule has 3 aliphatic heterocycles. The highest BCUT2D eigenvalue weighted by molar-refractivity contribution is 6.31. The van der Waals surface area contributed by atoms with Gasteiger partial charge in [0.1, 0.15) is 62.7 Å². The predicted molar refractivity (Wildman–Crippen MR) is 410 cm³/mol. The van der Waals surface area contributed by atoms with E-state index in [4.69, 9.17) is 50.7 Å². The van der Waals surface area contributed by atoms with Crippen molar-refractivity contribution in [1.82, 2.24) is 73.4 Å². The molecule has 29 nitrogen and oxygen atoms in total. The molecule has 6 aromatic heterocycles. The fourth-order valence-electron chi connectivity index (χ4n) is 16.8. The molecule has 39 heteroatoms. The van der Waals surface area contributed by atoms with E-state index in [1.54, 1.807) is 74.2 Å². The second-order valence-corrected chi connectivity index (χ2v) is 30.7. The van der Waals surface area contributed by atoms with Gasteiger partial charge in [0.2, 0.25) is 0 Å². The minimum Gasteiger partial charge on any atom is -0.496 e. The summed E-state index contributed by atoms with van der Waals surface area (Å²) in [5, 5.41) is 26.7. The SMILES string of the molecule is CC#CC(=O)N1CCC2(CC(n3nc(-c4cnn(Cc5cc(C(F)(F)F)ccc5Cl)c4)c(C(N)=O)c3N)C2)C1.CC#CC(=O)N1CCC2(CC(n3nc(-c4cnn(Cc5cc(C(F)(F)F)ccc5OC)c4)c(C(N)=O)c3N)C2)C1.CC#CC(=O)N1CCC2(CC(n3nc(-c4cnn(Cc5ccccc5OC(F)(F)F)c4)c(C(N)=O)c3N)C2)C1. The molecule has 3 spiro atoms. The Morgan fingerprint density at radius 2 is 0.822 bits per heavy atom. The Labute approximate surface area is 673 Å². The van der Waals surface area contributed by atoms with Crippen LogP contribution in [0.25, 0.3) is 33.8 Å². The maximum atomic E-state index is 13.3. The Kier molecular flexibility index (Phi) is 22.7.